The van der Waals surface area contributed by atoms with Gasteiger partial charge >= 0.3 is 5.97 Å². The van der Waals surface area contributed by atoms with Crippen molar-refractivity contribution in [1.82, 2.24) is 0 Å². The normalized spacial score (nSPS) is 9.50. The van der Waals surface area contributed by atoms with Gasteiger partial charge in [-0.05, 0) is 17.7 Å². The highest BCUT2D eigenvalue weighted by molar-refractivity contribution is 6.32. The van der Waals surface area contributed by atoms with Crippen LogP contribution in [0, 0.1) is 11.3 Å². The van der Waals surface area contributed by atoms with E-state index in [0.29, 0.717) is 5.56 Å². The number of carbonyl (C=O) groups is 1. The van der Waals surface area contributed by atoms with Crippen LogP contribution in [0.3, 0.4) is 0 Å². The molecule has 0 amide bonds. The predicted octanol–water partition coefficient (Wildman–Crippen LogP) is 2.65. The number of rotatable bonds is 2. The maximum absolute atomic E-state index is 10.7. The maximum Gasteiger partial charge on any atom is 0.336 e. The van der Waals surface area contributed by atoms with Crippen LogP contribution in [0.15, 0.2) is 12.1 Å². The Labute approximate surface area is 90.5 Å². The van der Waals surface area contributed by atoms with Gasteiger partial charge in [-0.15, -0.1) is 11.6 Å². The third-order valence-electron chi connectivity index (χ3n) is 1.69. The molecule has 0 aromatic heterocycles. The SMILES string of the molecule is N#Cc1cc(CCl)c(C(=O)O)cc1Cl. The van der Waals surface area contributed by atoms with Gasteiger partial charge in [0.1, 0.15) is 6.07 Å². The van der Waals surface area contributed by atoms with Crippen molar-refractivity contribution in [1.29, 1.82) is 5.26 Å². The summed E-state index contributed by atoms with van der Waals surface area (Å²) in [5, 5.41) is 17.6. The van der Waals surface area contributed by atoms with Gasteiger partial charge in [0.25, 0.3) is 0 Å². The summed E-state index contributed by atoms with van der Waals surface area (Å²) in [6.45, 7) is 0. The minimum atomic E-state index is -1.10. The molecule has 0 heterocycles. The molecule has 0 aliphatic rings. The average Bonchev–Trinajstić information content (AvgIpc) is 2.17. The summed E-state index contributed by atoms with van der Waals surface area (Å²) in [5.41, 5.74) is 0.649. The molecule has 1 N–H and O–H groups in total. The Bertz CT molecular complexity index is 424. The van der Waals surface area contributed by atoms with Crippen molar-refractivity contribution < 1.29 is 9.90 Å². The lowest BCUT2D eigenvalue weighted by atomic mass is 10.1. The Kier molecular flexibility index (Phi) is 3.34. The van der Waals surface area contributed by atoms with Gasteiger partial charge in [0, 0.05) is 5.88 Å². The Morgan fingerprint density at radius 3 is 2.64 bits per heavy atom. The number of halogens is 2. The number of aromatic carboxylic acids is 1. The van der Waals surface area contributed by atoms with Gasteiger partial charge in [-0.1, -0.05) is 11.6 Å². The zero-order chi connectivity index (χ0) is 10.7. The quantitative estimate of drug-likeness (QED) is 0.794. The standard InChI is InChI=1S/C9H5Cl2NO2/c10-3-5-1-6(4-12)8(11)2-7(5)9(13)14/h1-2H,3H2,(H,13,14). The second kappa shape index (κ2) is 4.32. The molecule has 0 aliphatic heterocycles. The van der Waals surface area contributed by atoms with Crippen LogP contribution in [0.1, 0.15) is 21.5 Å². The molecule has 1 aromatic carbocycles. The molecule has 3 nitrogen and oxygen atoms in total. The number of alkyl halides is 1. The Hall–Kier alpha value is -1.24. The van der Waals surface area contributed by atoms with Crippen molar-refractivity contribution in [2.75, 3.05) is 0 Å². The van der Waals surface area contributed by atoms with Crippen LogP contribution in [0.5, 0.6) is 0 Å². The summed E-state index contributed by atoms with van der Waals surface area (Å²) in [6.07, 6.45) is 0. The van der Waals surface area contributed by atoms with E-state index in [-0.39, 0.29) is 22.0 Å². The third-order valence-corrected chi connectivity index (χ3v) is 2.29. The van der Waals surface area contributed by atoms with Crippen LogP contribution in [-0.2, 0) is 5.88 Å². The molecule has 0 saturated carbocycles. The van der Waals surface area contributed by atoms with Crippen LogP contribution < -0.4 is 0 Å². The van der Waals surface area contributed by atoms with Gasteiger partial charge in [-0.3, -0.25) is 0 Å². The highest BCUT2D eigenvalue weighted by Crippen LogP contribution is 2.22. The fourth-order valence-electron chi connectivity index (χ4n) is 1.01. The molecule has 0 bridgehead atoms. The first-order valence-corrected chi connectivity index (χ1v) is 4.53. The van der Waals surface area contributed by atoms with Crippen molar-refractivity contribution in [3.05, 3.63) is 33.8 Å². The summed E-state index contributed by atoms with van der Waals surface area (Å²) in [5.74, 6) is -1.07. The molecular weight excluding hydrogens is 225 g/mol. The van der Waals surface area contributed by atoms with Gasteiger partial charge < -0.3 is 5.11 Å². The van der Waals surface area contributed by atoms with Crippen molar-refractivity contribution in [2.45, 2.75) is 5.88 Å². The maximum atomic E-state index is 10.7. The highest BCUT2D eigenvalue weighted by Gasteiger charge is 2.13. The fourth-order valence-corrected chi connectivity index (χ4v) is 1.44. The molecule has 0 unspecified atom stereocenters. The molecule has 1 aromatic rings. The Balaban J connectivity index is 3.41. The van der Waals surface area contributed by atoms with E-state index < -0.39 is 5.97 Å². The lowest BCUT2D eigenvalue weighted by molar-refractivity contribution is 0.0696. The molecule has 0 atom stereocenters. The molecule has 1 rings (SSSR count). The van der Waals surface area contributed by atoms with E-state index in [0.717, 1.165) is 0 Å². The zero-order valence-corrected chi connectivity index (χ0v) is 8.43. The molecular formula is C9H5Cl2NO2. The molecule has 5 heteroatoms. The third kappa shape index (κ3) is 1.98. The number of hydrogen-bond donors (Lipinski definition) is 1. The van der Waals surface area contributed by atoms with E-state index in [1.165, 1.54) is 12.1 Å². The van der Waals surface area contributed by atoms with Gasteiger partial charge in [0.05, 0.1) is 16.1 Å². The first-order valence-electron chi connectivity index (χ1n) is 3.62. The second-order valence-corrected chi connectivity index (χ2v) is 3.21. The van der Waals surface area contributed by atoms with E-state index in [1.807, 2.05) is 6.07 Å². The number of nitriles is 1. The average molecular weight is 230 g/mol. The van der Waals surface area contributed by atoms with E-state index in [1.54, 1.807) is 0 Å². The summed E-state index contributed by atoms with van der Waals surface area (Å²) in [7, 11) is 0. The number of nitrogens with zero attached hydrogens (tertiary/aromatic N) is 1. The Morgan fingerprint density at radius 2 is 2.21 bits per heavy atom. The molecule has 72 valence electrons. The minimum absolute atomic E-state index is 0.0315. The van der Waals surface area contributed by atoms with Gasteiger partial charge in [-0.25, -0.2) is 4.79 Å². The number of benzene rings is 1. The van der Waals surface area contributed by atoms with Crippen LogP contribution in [0.25, 0.3) is 0 Å². The largest absolute Gasteiger partial charge is 0.478 e. The molecule has 0 saturated heterocycles. The monoisotopic (exact) mass is 229 g/mol. The first kappa shape index (κ1) is 10.8. The molecule has 0 fully saturated rings. The van der Waals surface area contributed by atoms with Crippen LogP contribution in [0.2, 0.25) is 5.02 Å². The summed E-state index contributed by atoms with van der Waals surface area (Å²) in [4.78, 5) is 10.7. The number of carboxylic acid groups (broad SMARTS) is 1. The van der Waals surface area contributed by atoms with E-state index in [9.17, 15) is 4.79 Å². The lowest BCUT2D eigenvalue weighted by Crippen LogP contribution is -2.02. The van der Waals surface area contributed by atoms with Crippen LogP contribution in [-0.4, -0.2) is 11.1 Å². The molecule has 0 spiro atoms. The van der Waals surface area contributed by atoms with E-state index in [4.69, 9.17) is 33.6 Å². The van der Waals surface area contributed by atoms with Crippen LogP contribution in [0.4, 0.5) is 0 Å². The second-order valence-electron chi connectivity index (χ2n) is 2.54. The fraction of sp³-hybridized carbons (Fsp3) is 0.111. The summed E-state index contributed by atoms with van der Waals surface area (Å²) < 4.78 is 0. The van der Waals surface area contributed by atoms with Crippen molar-refractivity contribution in [3.63, 3.8) is 0 Å². The summed E-state index contributed by atoms with van der Waals surface area (Å²) in [6, 6.07) is 4.48. The van der Waals surface area contributed by atoms with Crippen molar-refractivity contribution >= 4 is 29.2 Å². The topological polar surface area (TPSA) is 61.1 Å². The molecule has 0 radical (unpaired) electrons. The molecule has 0 aliphatic carbocycles. The van der Waals surface area contributed by atoms with E-state index >= 15 is 0 Å². The van der Waals surface area contributed by atoms with Gasteiger partial charge in [-0.2, -0.15) is 5.26 Å². The minimum Gasteiger partial charge on any atom is -0.478 e. The summed E-state index contributed by atoms with van der Waals surface area (Å²) >= 11 is 11.2. The van der Waals surface area contributed by atoms with E-state index in [2.05, 4.69) is 0 Å². The number of hydrogen-bond acceptors (Lipinski definition) is 2. The highest BCUT2D eigenvalue weighted by atomic mass is 35.5. The van der Waals surface area contributed by atoms with Gasteiger partial charge in [0.2, 0.25) is 0 Å². The predicted molar refractivity (Wildman–Crippen MR) is 52.7 cm³/mol. The lowest BCUT2D eigenvalue weighted by Gasteiger charge is -2.04. The first-order chi connectivity index (χ1) is 6.60. The van der Waals surface area contributed by atoms with Gasteiger partial charge in [0.15, 0.2) is 0 Å². The molecule has 14 heavy (non-hydrogen) atoms. The Morgan fingerprint density at radius 1 is 1.57 bits per heavy atom. The van der Waals surface area contributed by atoms with Crippen molar-refractivity contribution in [3.8, 4) is 6.07 Å². The zero-order valence-electron chi connectivity index (χ0n) is 6.92. The smallest absolute Gasteiger partial charge is 0.336 e. The van der Waals surface area contributed by atoms with Crippen molar-refractivity contribution in [2.24, 2.45) is 0 Å². The van der Waals surface area contributed by atoms with Crippen LogP contribution >= 0.6 is 23.2 Å². The number of carboxylic acids is 1.